The van der Waals surface area contributed by atoms with E-state index >= 15 is 0 Å². The van der Waals surface area contributed by atoms with E-state index in [1.165, 1.54) is 5.56 Å². The number of amides is 3. The lowest BCUT2D eigenvalue weighted by molar-refractivity contribution is 0.0793. The van der Waals surface area contributed by atoms with Gasteiger partial charge < -0.3 is 20.4 Å². The molecule has 0 saturated carbocycles. The minimum atomic E-state index is -0.235. The summed E-state index contributed by atoms with van der Waals surface area (Å²) >= 11 is 0. The van der Waals surface area contributed by atoms with Gasteiger partial charge in [-0.25, -0.2) is 4.79 Å². The lowest BCUT2D eigenvalue weighted by Crippen LogP contribution is -2.46. The fourth-order valence-electron chi connectivity index (χ4n) is 4.62. The molecule has 3 amide bonds. The largest absolute Gasteiger partial charge is 0.339 e. The number of piperidine rings is 1. The van der Waals surface area contributed by atoms with Crippen molar-refractivity contribution in [3.05, 3.63) is 59.4 Å². The van der Waals surface area contributed by atoms with Gasteiger partial charge in [-0.1, -0.05) is 12.1 Å². The van der Waals surface area contributed by atoms with Gasteiger partial charge in [0.1, 0.15) is 0 Å². The number of nitrogens with zero attached hydrogens (tertiary/aromatic N) is 3. The highest BCUT2D eigenvalue weighted by Crippen LogP contribution is 2.24. The number of hydrogen-bond acceptors (Lipinski definition) is 4. The third-order valence-corrected chi connectivity index (χ3v) is 6.52. The minimum absolute atomic E-state index is 0.0124. The molecule has 1 aromatic heterocycles. The molecule has 170 valence electrons. The number of anilines is 1. The molecule has 2 fully saturated rings. The van der Waals surface area contributed by atoms with Crippen molar-refractivity contribution in [2.75, 3.05) is 38.0 Å². The number of aryl methyl sites for hydroxylation is 1. The summed E-state index contributed by atoms with van der Waals surface area (Å²) in [4.78, 5) is 34.1. The molecule has 7 nitrogen and oxygen atoms in total. The molecule has 0 aliphatic carbocycles. The van der Waals surface area contributed by atoms with Crippen molar-refractivity contribution in [2.45, 2.75) is 45.1 Å². The lowest BCUT2D eigenvalue weighted by atomic mass is 10.0. The number of urea groups is 1. The first-order valence-electron chi connectivity index (χ1n) is 11.7. The van der Waals surface area contributed by atoms with Gasteiger partial charge in [-0.3, -0.25) is 9.78 Å². The summed E-state index contributed by atoms with van der Waals surface area (Å²) in [5.74, 6) is 0.0124. The summed E-state index contributed by atoms with van der Waals surface area (Å²) in [5.41, 5.74) is 3.39. The topological polar surface area (TPSA) is 77.6 Å². The first kappa shape index (κ1) is 22.3. The second kappa shape index (κ2) is 10.6. The Hall–Kier alpha value is -2.93. The van der Waals surface area contributed by atoms with E-state index in [1.54, 1.807) is 0 Å². The number of likely N-dealkylation sites (tertiary alicyclic amines) is 2. The van der Waals surface area contributed by atoms with Crippen LogP contribution in [-0.2, 0) is 6.42 Å². The first-order chi connectivity index (χ1) is 15.6. The normalized spacial score (nSPS) is 17.3. The molecule has 0 spiro atoms. The van der Waals surface area contributed by atoms with E-state index in [0.717, 1.165) is 70.4 Å². The van der Waals surface area contributed by atoms with Gasteiger partial charge in [-0.15, -0.1) is 0 Å². The Kier molecular flexibility index (Phi) is 7.37. The highest BCUT2D eigenvalue weighted by molar-refractivity contribution is 6.04. The highest BCUT2D eigenvalue weighted by Gasteiger charge is 2.25. The fourth-order valence-corrected chi connectivity index (χ4v) is 4.62. The third-order valence-electron chi connectivity index (χ3n) is 6.52. The Balaban J connectivity index is 1.27. The number of carbonyl (C=O) groups is 2. The molecule has 0 atom stereocenters. The van der Waals surface area contributed by atoms with E-state index in [4.69, 9.17) is 0 Å². The van der Waals surface area contributed by atoms with Gasteiger partial charge in [0.05, 0.1) is 11.3 Å². The molecular formula is C25H33N5O2. The first-order valence-corrected chi connectivity index (χ1v) is 11.7. The van der Waals surface area contributed by atoms with Crippen LogP contribution in [0.2, 0.25) is 0 Å². The van der Waals surface area contributed by atoms with E-state index in [-0.39, 0.29) is 18.0 Å². The molecule has 0 bridgehead atoms. The monoisotopic (exact) mass is 435 g/mol. The van der Waals surface area contributed by atoms with Crippen LogP contribution in [0, 0.1) is 6.92 Å². The number of aromatic nitrogens is 1. The lowest BCUT2D eigenvalue weighted by Gasteiger charge is -2.32. The average molecular weight is 436 g/mol. The summed E-state index contributed by atoms with van der Waals surface area (Å²) in [5, 5.41) is 6.05. The standard InChI is InChI=1S/C25H33N5O2/c1-19-5-4-6-22(23(19)24(31)30-14-2-3-15-30)28-25(32)27-21-10-17-29(18-11-21)16-9-20-7-12-26-13-8-20/h4-8,12-13,21H,2-3,9-11,14-18H2,1H3,(H2,27,28,32). The zero-order valence-electron chi connectivity index (χ0n) is 18.8. The summed E-state index contributed by atoms with van der Waals surface area (Å²) in [7, 11) is 0. The summed E-state index contributed by atoms with van der Waals surface area (Å²) in [6.07, 6.45) is 8.63. The molecule has 4 rings (SSSR count). The van der Waals surface area contributed by atoms with E-state index < -0.39 is 0 Å². The minimum Gasteiger partial charge on any atom is -0.339 e. The zero-order valence-corrected chi connectivity index (χ0v) is 18.8. The Morgan fingerprint density at radius 3 is 2.47 bits per heavy atom. The number of rotatable bonds is 6. The Bertz CT molecular complexity index is 919. The Morgan fingerprint density at radius 2 is 1.75 bits per heavy atom. The van der Waals surface area contributed by atoms with E-state index in [2.05, 4.69) is 32.7 Å². The van der Waals surface area contributed by atoms with Crippen molar-refractivity contribution >= 4 is 17.6 Å². The van der Waals surface area contributed by atoms with Crippen LogP contribution < -0.4 is 10.6 Å². The van der Waals surface area contributed by atoms with Gasteiger partial charge in [0.25, 0.3) is 5.91 Å². The average Bonchev–Trinajstić information content (AvgIpc) is 3.34. The van der Waals surface area contributed by atoms with E-state index in [1.807, 2.05) is 42.4 Å². The van der Waals surface area contributed by atoms with Crippen LogP contribution in [0.1, 0.15) is 47.2 Å². The molecule has 2 aliphatic rings. The quantitative estimate of drug-likeness (QED) is 0.729. The summed E-state index contributed by atoms with van der Waals surface area (Å²) < 4.78 is 0. The van der Waals surface area contributed by atoms with Crippen LogP contribution in [-0.4, -0.2) is 65.5 Å². The molecule has 2 N–H and O–H groups in total. The van der Waals surface area contributed by atoms with Crippen molar-refractivity contribution < 1.29 is 9.59 Å². The van der Waals surface area contributed by atoms with Crippen molar-refractivity contribution in [3.8, 4) is 0 Å². The van der Waals surface area contributed by atoms with Gasteiger partial charge in [0.15, 0.2) is 0 Å². The van der Waals surface area contributed by atoms with Crippen LogP contribution in [0.4, 0.5) is 10.5 Å². The predicted molar refractivity (Wildman–Crippen MR) is 126 cm³/mol. The van der Waals surface area contributed by atoms with E-state index in [0.29, 0.717) is 11.3 Å². The van der Waals surface area contributed by atoms with Crippen molar-refractivity contribution in [2.24, 2.45) is 0 Å². The van der Waals surface area contributed by atoms with Crippen LogP contribution >= 0.6 is 0 Å². The van der Waals surface area contributed by atoms with Crippen molar-refractivity contribution in [1.29, 1.82) is 0 Å². The maximum Gasteiger partial charge on any atom is 0.319 e. The van der Waals surface area contributed by atoms with Crippen LogP contribution in [0.3, 0.4) is 0 Å². The van der Waals surface area contributed by atoms with E-state index in [9.17, 15) is 9.59 Å². The highest BCUT2D eigenvalue weighted by atomic mass is 16.2. The second-order valence-electron chi connectivity index (χ2n) is 8.82. The SMILES string of the molecule is Cc1cccc(NC(=O)NC2CCN(CCc3ccncc3)CC2)c1C(=O)N1CCCC1. The molecule has 2 saturated heterocycles. The maximum atomic E-state index is 13.0. The van der Waals surface area contributed by atoms with Gasteiger partial charge in [-0.2, -0.15) is 0 Å². The maximum absolute atomic E-state index is 13.0. The van der Waals surface area contributed by atoms with Crippen LogP contribution in [0.15, 0.2) is 42.7 Å². The molecule has 2 aromatic rings. The van der Waals surface area contributed by atoms with Gasteiger partial charge in [0.2, 0.25) is 0 Å². The predicted octanol–water partition coefficient (Wildman–Crippen LogP) is 3.45. The molecule has 2 aliphatic heterocycles. The van der Waals surface area contributed by atoms with Gasteiger partial charge in [0, 0.05) is 51.2 Å². The van der Waals surface area contributed by atoms with Crippen LogP contribution in [0.5, 0.6) is 0 Å². The molecule has 32 heavy (non-hydrogen) atoms. The molecule has 7 heteroatoms. The number of hydrogen-bond donors (Lipinski definition) is 2. The zero-order chi connectivity index (χ0) is 22.3. The van der Waals surface area contributed by atoms with Crippen LogP contribution in [0.25, 0.3) is 0 Å². The van der Waals surface area contributed by atoms with Crippen molar-refractivity contribution in [1.82, 2.24) is 20.1 Å². The molecule has 0 radical (unpaired) electrons. The second-order valence-corrected chi connectivity index (χ2v) is 8.82. The molecule has 0 unspecified atom stereocenters. The fraction of sp³-hybridized carbons (Fsp3) is 0.480. The number of carbonyl (C=O) groups excluding carboxylic acids is 2. The number of nitrogens with one attached hydrogen (secondary N) is 2. The summed E-state index contributed by atoms with van der Waals surface area (Å²) in [6.45, 7) is 6.47. The summed E-state index contributed by atoms with van der Waals surface area (Å²) in [6, 6.07) is 9.66. The number of benzene rings is 1. The Morgan fingerprint density at radius 1 is 1.03 bits per heavy atom. The molecule has 1 aromatic carbocycles. The van der Waals surface area contributed by atoms with Crippen molar-refractivity contribution in [3.63, 3.8) is 0 Å². The molecular weight excluding hydrogens is 402 g/mol. The smallest absolute Gasteiger partial charge is 0.319 e. The number of pyridine rings is 1. The van der Waals surface area contributed by atoms with Gasteiger partial charge in [-0.05, 0) is 68.4 Å². The third kappa shape index (κ3) is 5.65. The van der Waals surface area contributed by atoms with Gasteiger partial charge >= 0.3 is 6.03 Å². The Labute approximate surface area is 190 Å². The molecule has 3 heterocycles.